The lowest BCUT2D eigenvalue weighted by Gasteiger charge is -2.22. The number of benzene rings is 2. The number of amides is 1. The summed E-state index contributed by atoms with van der Waals surface area (Å²) in [5.74, 6) is -0.388. The van der Waals surface area contributed by atoms with Gasteiger partial charge in [0.05, 0.1) is 11.4 Å². The topological polar surface area (TPSA) is 75.9 Å². The smallest absolute Gasteiger partial charge is 0.234 e. The van der Waals surface area contributed by atoms with Crippen LogP contribution in [-0.4, -0.2) is 45.0 Å². The predicted molar refractivity (Wildman–Crippen MR) is 116 cm³/mol. The minimum atomic E-state index is -0.375. The quantitative estimate of drug-likeness (QED) is 0.602. The van der Waals surface area contributed by atoms with Gasteiger partial charge in [-0.3, -0.25) is 4.79 Å². The maximum absolute atomic E-state index is 13.5. The molecule has 1 amide bonds. The van der Waals surface area contributed by atoms with Crippen molar-refractivity contribution in [2.75, 3.05) is 29.1 Å². The fourth-order valence-electron chi connectivity index (χ4n) is 3.45. The summed E-state index contributed by atoms with van der Waals surface area (Å²) in [6.07, 6.45) is 5.05. The Morgan fingerprint density at radius 1 is 1.03 bits per heavy atom. The lowest BCUT2D eigenvalue weighted by atomic mass is 10.2. The third-order valence-corrected chi connectivity index (χ3v) is 5.87. The molecule has 0 aliphatic carbocycles. The zero-order valence-electron chi connectivity index (χ0n) is 16.5. The number of rotatable bonds is 6. The third kappa shape index (κ3) is 5.15. The number of aromatic nitrogens is 4. The predicted octanol–water partition coefficient (Wildman–Crippen LogP) is 3.91. The summed E-state index contributed by atoms with van der Waals surface area (Å²) in [5, 5.41) is 14.8. The van der Waals surface area contributed by atoms with Crippen LogP contribution in [0.2, 0.25) is 0 Å². The third-order valence-electron chi connectivity index (χ3n) is 4.95. The second-order valence-electron chi connectivity index (χ2n) is 7.14. The van der Waals surface area contributed by atoms with Gasteiger partial charge in [0.2, 0.25) is 11.1 Å². The molecule has 0 atom stereocenters. The Hall–Kier alpha value is -2.94. The van der Waals surface area contributed by atoms with Crippen molar-refractivity contribution in [2.45, 2.75) is 30.8 Å². The highest BCUT2D eigenvalue weighted by Crippen LogP contribution is 2.22. The van der Waals surface area contributed by atoms with E-state index in [4.69, 9.17) is 0 Å². The lowest BCUT2D eigenvalue weighted by Crippen LogP contribution is -2.23. The van der Waals surface area contributed by atoms with Crippen LogP contribution in [0.15, 0.2) is 53.7 Å². The highest BCUT2D eigenvalue weighted by atomic mass is 32.2. The molecule has 0 radical (unpaired) electrons. The number of thioether (sulfide) groups is 1. The molecule has 4 rings (SSSR count). The van der Waals surface area contributed by atoms with Crippen molar-refractivity contribution < 1.29 is 9.18 Å². The van der Waals surface area contributed by atoms with Crippen molar-refractivity contribution in [1.82, 2.24) is 20.2 Å². The first kappa shape index (κ1) is 20.3. The number of tetrazole rings is 1. The van der Waals surface area contributed by atoms with E-state index >= 15 is 0 Å². The van der Waals surface area contributed by atoms with Gasteiger partial charge in [-0.05, 0) is 65.7 Å². The molecule has 1 aliphatic rings. The van der Waals surface area contributed by atoms with Crippen molar-refractivity contribution in [3.8, 4) is 5.69 Å². The number of nitrogens with one attached hydrogen (secondary N) is 1. The molecular formula is C21H23FN6OS. The van der Waals surface area contributed by atoms with Gasteiger partial charge >= 0.3 is 0 Å². The van der Waals surface area contributed by atoms with Crippen molar-refractivity contribution >= 4 is 29.0 Å². The summed E-state index contributed by atoms with van der Waals surface area (Å²) in [6.45, 7) is 2.17. The van der Waals surface area contributed by atoms with E-state index in [9.17, 15) is 9.18 Å². The minimum Gasteiger partial charge on any atom is -0.372 e. The molecule has 7 nitrogen and oxygen atoms in total. The number of anilines is 2. The Morgan fingerprint density at radius 2 is 1.80 bits per heavy atom. The van der Waals surface area contributed by atoms with Gasteiger partial charge in [0, 0.05) is 24.5 Å². The fourth-order valence-corrected chi connectivity index (χ4v) is 4.14. The Bertz CT molecular complexity index is 985. The van der Waals surface area contributed by atoms with Gasteiger partial charge in [0.15, 0.2) is 0 Å². The summed E-state index contributed by atoms with van der Waals surface area (Å²) < 4.78 is 14.9. The summed E-state index contributed by atoms with van der Waals surface area (Å²) in [7, 11) is 0. The average molecular weight is 427 g/mol. The number of carbonyl (C=O) groups excluding carboxylic acids is 1. The van der Waals surface area contributed by atoms with Gasteiger partial charge in [-0.15, -0.1) is 5.10 Å². The Morgan fingerprint density at radius 3 is 2.53 bits per heavy atom. The molecular weight excluding hydrogens is 403 g/mol. The van der Waals surface area contributed by atoms with E-state index in [0.717, 1.165) is 18.8 Å². The lowest BCUT2D eigenvalue weighted by molar-refractivity contribution is -0.113. The van der Waals surface area contributed by atoms with E-state index in [-0.39, 0.29) is 17.5 Å². The van der Waals surface area contributed by atoms with Gasteiger partial charge < -0.3 is 10.2 Å². The molecule has 1 saturated heterocycles. The maximum Gasteiger partial charge on any atom is 0.234 e. The Labute approximate surface area is 178 Å². The van der Waals surface area contributed by atoms with Crippen LogP contribution in [0.4, 0.5) is 15.8 Å². The normalized spacial score (nSPS) is 14.4. The van der Waals surface area contributed by atoms with Gasteiger partial charge in [0.1, 0.15) is 5.82 Å². The first-order valence-corrected chi connectivity index (χ1v) is 11.0. The SMILES string of the molecule is O=C(CSc1nnnn1-c1cccc(F)c1)Nc1ccc(N2CCCCCC2)cc1. The largest absolute Gasteiger partial charge is 0.372 e. The molecule has 1 fully saturated rings. The first-order chi connectivity index (χ1) is 14.7. The highest BCUT2D eigenvalue weighted by Gasteiger charge is 2.13. The molecule has 1 N–H and O–H groups in total. The van der Waals surface area contributed by atoms with Crippen LogP contribution in [0.5, 0.6) is 0 Å². The van der Waals surface area contributed by atoms with E-state index in [1.54, 1.807) is 12.1 Å². The maximum atomic E-state index is 13.5. The second kappa shape index (κ2) is 9.71. The molecule has 9 heteroatoms. The summed E-state index contributed by atoms with van der Waals surface area (Å²) >= 11 is 1.19. The molecule has 2 heterocycles. The van der Waals surface area contributed by atoms with Crippen LogP contribution < -0.4 is 10.2 Å². The van der Waals surface area contributed by atoms with E-state index in [0.29, 0.717) is 10.8 Å². The van der Waals surface area contributed by atoms with Gasteiger partial charge in [-0.1, -0.05) is 30.7 Å². The van der Waals surface area contributed by atoms with Gasteiger partial charge in [0.25, 0.3) is 0 Å². The van der Waals surface area contributed by atoms with Crippen LogP contribution in [0.25, 0.3) is 5.69 Å². The van der Waals surface area contributed by atoms with Gasteiger partial charge in [-0.2, -0.15) is 4.68 Å². The molecule has 156 valence electrons. The van der Waals surface area contributed by atoms with Crippen LogP contribution in [-0.2, 0) is 4.79 Å². The standard InChI is InChI=1S/C21H23FN6OS/c22-16-6-5-7-19(14-16)28-21(24-25-26-28)30-15-20(29)23-17-8-10-18(11-9-17)27-12-3-1-2-4-13-27/h5-11,14H,1-4,12-13,15H2,(H,23,29). The average Bonchev–Trinajstić information content (AvgIpc) is 3.06. The number of hydrogen-bond donors (Lipinski definition) is 1. The molecule has 3 aromatic rings. The summed E-state index contributed by atoms with van der Waals surface area (Å²) in [6, 6.07) is 14.0. The monoisotopic (exact) mass is 426 g/mol. The van der Waals surface area contributed by atoms with Crippen LogP contribution in [0.3, 0.4) is 0 Å². The van der Waals surface area contributed by atoms with E-state index < -0.39 is 0 Å². The van der Waals surface area contributed by atoms with Gasteiger partial charge in [-0.25, -0.2) is 4.39 Å². The van der Waals surface area contributed by atoms with E-state index in [2.05, 4.69) is 37.9 Å². The molecule has 0 bridgehead atoms. The highest BCUT2D eigenvalue weighted by molar-refractivity contribution is 7.99. The molecule has 2 aromatic carbocycles. The molecule has 0 unspecified atom stereocenters. The number of nitrogens with zero attached hydrogens (tertiary/aromatic N) is 5. The zero-order chi connectivity index (χ0) is 20.8. The summed E-state index contributed by atoms with van der Waals surface area (Å²) in [4.78, 5) is 14.8. The summed E-state index contributed by atoms with van der Waals surface area (Å²) in [5.41, 5.74) is 2.45. The Kier molecular flexibility index (Phi) is 6.58. The fraction of sp³-hybridized carbons (Fsp3) is 0.333. The molecule has 0 spiro atoms. The number of hydrogen-bond acceptors (Lipinski definition) is 6. The number of carbonyl (C=O) groups is 1. The molecule has 0 saturated carbocycles. The molecule has 1 aliphatic heterocycles. The minimum absolute atomic E-state index is 0.142. The number of halogens is 1. The molecule has 1 aromatic heterocycles. The van der Waals surface area contributed by atoms with Crippen molar-refractivity contribution in [2.24, 2.45) is 0 Å². The van der Waals surface area contributed by atoms with Crippen LogP contribution in [0.1, 0.15) is 25.7 Å². The van der Waals surface area contributed by atoms with E-state index in [1.165, 1.54) is 59.9 Å². The van der Waals surface area contributed by atoms with Crippen molar-refractivity contribution in [3.63, 3.8) is 0 Å². The van der Waals surface area contributed by atoms with E-state index in [1.807, 2.05) is 12.1 Å². The van der Waals surface area contributed by atoms with Crippen LogP contribution >= 0.6 is 11.8 Å². The second-order valence-corrected chi connectivity index (χ2v) is 8.08. The Balaban J connectivity index is 1.33. The zero-order valence-corrected chi connectivity index (χ0v) is 17.3. The first-order valence-electron chi connectivity index (χ1n) is 10.0. The molecule has 30 heavy (non-hydrogen) atoms. The van der Waals surface area contributed by atoms with Crippen molar-refractivity contribution in [3.05, 3.63) is 54.3 Å². The van der Waals surface area contributed by atoms with Crippen molar-refractivity contribution in [1.29, 1.82) is 0 Å². The van der Waals surface area contributed by atoms with Crippen LogP contribution in [0, 0.1) is 5.82 Å².